The number of ether oxygens (including phenoxy) is 2. The second kappa shape index (κ2) is 7.86. The molecule has 9 heteroatoms. The SMILES string of the molecule is COc1ccc(NC(=O)c2cn(C)c3c(=O)n(-c4ccccc4)c(=O)[nH]c23)c(OC)c1. The molecule has 31 heavy (non-hydrogen) atoms. The Morgan fingerprint density at radius 2 is 1.77 bits per heavy atom. The molecule has 0 radical (unpaired) electrons. The molecule has 0 aliphatic rings. The van der Waals surface area contributed by atoms with Gasteiger partial charge in [-0.25, -0.2) is 9.36 Å². The fraction of sp³-hybridized carbons (Fsp3) is 0.136. The number of nitrogens with one attached hydrogen (secondary N) is 2. The van der Waals surface area contributed by atoms with Crippen LogP contribution in [0.1, 0.15) is 10.4 Å². The van der Waals surface area contributed by atoms with Gasteiger partial charge in [0.15, 0.2) is 0 Å². The fourth-order valence-corrected chi connectivity index (χ4v) is 3.45. The maximum atomic E-state index is 13.1. The summed E-state index contributed by atoms with van der Waals surface area (Å²) >= 11 is 0. The van der Waals surface area contributed by atoms with E-state index in [0.29, 0.717) is 22.9 Å². The van der Waals surface area contributed by atoms with Crippen LogP contribution >= 0.6 is 0 Å². The zero-order valence-electron chi connectivity index (χ0n) is 17.1. The van der Waals surface area contributed by atoms with Crippen molar-refractivity contribution in [1.82, 2.24) is 14.1 Å². The zero-order chi connectivity index (χ0) is 22.1. The average molecular weight is 420 g/mol. The first-order chi connectivity index (χ1) is 14.9. The van der Waals surface area contributed by atoms with Crippen molar-refractivity contribution < 1.29 is 14.3 Å². The number of methoxy groups -OCH3 is 2. The lowest BCUT2D eigenvalue weighted by Crippen LogP contribution is -2.34. The molecule has 158 valence electrons. The first-order valence-corrected chi connectivity index (χ1v) is 9.37. The predicted octanol–water partition coefficient (Wildman–Crippen LogP) is 2.29. The summed E-state index contributed by atoms with van der Waals surface area (Å²) in [6, 6.07) is 13.5. The van der Waals surface area contributed by atoms with Crippen LogP contribution in [0.25, 0.3) is 16.7 Å². The molecule has 0 saturated carbocycles. The van der Waals surface area contributed by atoms with Gasteiger partial charge in [0.2, 0.25) is 0 Å². The van der Waals surface area contributed by atoms with Crippen LogP contribution in [0.5, 0.6) is 11.5 Å². The van der Waals surface area contributed by atoms with Gasteiger partial charge in [-0.15, -0.1) is 0 Å². The van der Waals surface area contributed by atoms with Gasteiger partial charge in [0, 0.05) is 19.3 Å². The molecule has 9 nitrogen and oxygen atoms in total. The predicted molar refractivity (Wildman–Crippen MR) is 117 cm³/mol. The molecule has 1 amide bonds. The van der Waals surface area contributed by atoms with Crippen LogP contribution in [0.3, 0.4) is 0 Å². The fourth-order valence-electron chi connectivity index (χ4n) is 3.45. The summed E-state index contributed by atoms with van der Waals surface area (Å²) in [5.74, 6) is 0.486. The van der Waals surface area contributed by atoms with Gasteiger partial charge >= 0.3 is 5.69 Å². The molecule has 0 aliphatic carbocycles. The first-order valence-electron chi connectivity index (χ1n) is 9.37. The third-order valence-corrected chi connectivity index (χ3v) is 4.94. The number of fused-ring (bicyclic) bond motifs is 1. The number of para-hydroxylation sites is 1. The number of H-pyrrole nitrogens is 1. The van der Waals surface area contributed by atoms with Crippen LogP contribution in [-0.4, -0.2) is 34.2 Å². The number of aryl methyl sites for hydroxylation is 1. The summed E-state index contributed by atoms with van der Waals surface area (Å²) in [5.41, 5.74) is 0.227. The smallest absolute Gasteiger partial charge is 0.333 e. The minimum atomic E-state index is -0.633. The molecule has 4 aromatic rings. The molecule has 2 aromatic carbocycles. The van der Waals surface area contributed by atoms with E-state index in [4.69, 9.17) is 9.47 Å². The van der Waals surface area contributed by atoms with Crippen molar-refractivity contribution in [3.8, 4) is 17.2 Å². The minimum absolute atomic E-state index is 0.157. The Labute approximate surface area is 176 Å². The van der Waals surface area contributed by atoms with E-state index >= 15 is 0 Å². The van der Waals surface area contributed by atoms with Gasteiger partial charge in [-0.1, -0.05) is 18.2 Å². The third-order valence-electron chi connectivity index (χ3n) is 4.94. The molecule has 0 fully saturated rings. The van der Waals surface area contributed by atoms with E-state index in [1.54, 1.807) is 55.6 Å². The Morgan fingerprint density at radius 1 is 1.03 bits per heavy atom. The molecule has 0 saturated heterocycles. The normalized spacial score (nSPS) is 10.8. The Bertz CT molecular complexity index is 1400. The lowest BCUT2D eigenvalue weighted by molar-refractivity contribution is 0.102. The van der Waals surface area contributed by atoms with Gasteiger partial charge in [0.05, 0.1) is 36.7 Å². The van der Waals surface area contributed by atoms with Crippen LogP contribution in [0, 0.1) is 0 Å². The van der Waals surface area contributed by atoms with E-state index in [-0.39, 0.29) is 16.6 Å². The summed E-state index contributed by atoms with van der Waals surface area (Å²) in [5, 5.41) is 2.76. The van der Waals surface area contributed by atoms with Crippen molar-refractivity contribution in [3.63, 3.8) is 0 Å². The van der Waals surface area contributed by atoms with Gasteiger partial charge in [0.25, 0.3) is 11.5 Å². The summed E-state index contributed by atoms with van der Waals surface area (Å²) in [6.45, 7) is 0. The van der Waals surface area contributed by atoms with E-state index < -0.39 is 17.2 Å². The number of hydrogen-bond acceptors (Lipinski definition) is 5. The molecule has 2 N–H and O–H groups in total. The van der Waals surface area contributed by atoms with Gasteiger partial charge in [-0.2, -0.15) is 0 Å². The molecule has 0 aliphatic heterocycles. The summed E-state index contributed by atoms with van der Waals surface area (Å²) < 4.78 is 13.0. The average Bonchev–Trinajstić information content (AvgIpc) is 3.11. The summed E-state index contributed by atoms with van der Waals surface area (Å²) in [6.07, 6.45) is 1.50. The van der Waals surface area contributed by atoms with Crippen LogP contribution in [0.2, 0.25) is 0 Å². The highest BCUT2D eigenvalue weighted by molar-refractivity contribution is 6.12. The zero-order valence-corrected chi connectivity index (χ0v) is 17.1. The van der Waals surface area contributed by atoms with Crippen LogP contribution in [0.15, 0.2) is 64.3 Å². The summed E-state index contributed by atoms with van der Waals surface area (Å²) in [7, 11) is 4.65. The highest BCUT2D eigenvalue weighted by Gasteiger charge is 2.21. The molecule has 0 spiro atoms. The topological polar surface area (TPSA) is 107 Å². The van der Waals surface area contributed by atoms with Crippen molar-refractivity contribution in [2.75, 3.05) is 19.5 Å². The van der Waals surface area contributed by atoms with Gasteiger partial charge in [0.1, 0.15) is 17.0 Å². The van der Waals surface area contributed by atoms with E-state index in [1.165, 1.54) is 25.0 Å². The molecular formula is C22H20N4O5. The monoisotopic (exact) mass is 420 g/mol. The summed E-state index contributed by atoms with van der Waals surface area (Å²) in [4.78, 5) is 41.5. The van der Waals surface area contributed by atoms with Crippen LogP contribution in [-0.2, 0) is 7.05 Å². The second-order valence-electron chi connectivity index (χ2n) is 6.80. The number of amides is 1. The first kappa shape index (κ1) is 20.0. The molecule has 2 aromatic heterocycles. The lowest BCUT2D eigenvalue weighted by atomic mass is 10.2. The largest absolute Gasteiger partial charge is 0.497 e. The maximum absolute atomic E-state index is 13.1. The van der Waals surface area contributed by atoms with Crippen molar-refractivity contribution in [2.24, 2.45) is 7.05 Å². The minimum Gasteiger partial charge on any atom is -0.497 e. The van der Waals surface area contributed by atoms with Crippen LogP contribution in [0.4, 0.5) is 5.69 Å². The van der Waals surface area contributed by atoms with Crippen molar-refractivity contribution in [2.45, 2.75) is 0 Å². The molecule has 0 bridgehead atoms. The second-order valence-corrected chi connectivity index (χ2v) is 6.80. The van der Waals surface area contributed by atoms with E-state index in [1.807, 2.05) is 0 Å². The third kappa shape index (κ3) is 3.46. The van der Waals surface area contributed by atoms with E-state index in [0.717, 1.165) is 4.57 Å². The number of carbonyl (C=O) groups is 1. The number of rotatable bonds is 5. The number of nitrogens with zero attached hydrogens (tertiary/aromatic N) is 2. The highest BCUT2D eigenvalue weighted by Crippen LogP contribution is 2.29. The molecule has 2 heterocycles. The Kier molecular flexibility index (Phi) is 5.08. The van der Waals surface area contributed by atoms with Gasteiger partial charge in [-0.05, 0) is 24.3 Å². The maximum Gasteiger partial charge on any atom is 0.333 e. The van der Waals surface area contributed by atoms with E-state index in [2.05, 4.69) is 10.3 Å². The highest BCUT2D eigenvalue weighted by atomic mass is 16.5. The Morgan fingerprint density at radius 3 is 2.45 bits per heavy atom. The number of anilines is 1. The van der Waals surface area contributed by atoms with Crippen molar-refractivity contribution >= 4 is 22.6 Å². The van der Waals surface area contributed by atoms with E-state index in [9.17, 15) is 14.4 Å². The lowest BCUT2D eigenvalue weighted by Gasteiger charge is -2.11. The number of aromatic nitrogens is 3. The van der Waals surface area contributed by atoms with Crippen molar-refractivity contribution in [3.05, 3.63) is 81.1 Å². The number of benzene rings is 2. The van der Waals surface area contributed by atoms with Gasteiger partial charge < -0.3 is 24.3 Å². The quantitative estimate of drug-likeness (QED) is 0.515. The molecule has 0 atom stereocenters. The number of hydrogen-bond donors (Lipinski definition) is 2. The van der Waals surface area contributed by atoms with Gasteiger partial charge in [-0.3, -0.25) is 9.59 Å². The molecule has 0 unspecified atom stereocenters. The standard InChI is InChI=1S/C22H20N4O5/c1-25-12-15(20(27)23-16-10-9-14(30-2)11-17(16)31-3)18-19(25)21(28)26(22(29)24-18)13-7-5-4-6-8-13/h4-12H,1-3H3,(H,23,27)(H,24,29). The Hall–Kier alpha value is -4.27. The van der Waals surface area contributed by atoms with Crippen molar-refractivity contribution in [1.29, 1.82) is 0 Å². The molecule has 4 rings (SSSR count). The van der Waals surface area contributed by atoms with Crippen LogP contribution < -0.4 is 26.0 Å². The number of aromatic amines is 1. The Balaban J connectivity index is 1.80. The molecular weight excluding hydrogens is 400 g/mol. The number of carbonyl (C=O) groups excluding carboxylic acids is 1.